The van der Waals surface area contributed by atoms with Gasteiger partial charge in [-0.05, 0) is 33.2 Å². The molecule has 2 aliphatic heterocycles. The molecule has 2 fully saturated rings. The quantitative estimate of drug-likeness (QED) is 0.756. The van der Waals surface area contributed by atoms with Gasteiger partial charge in [0.25, 0.3) is 0 Å². The third-order valence-electron chi connectivity index (χ3n) is 3.36. The van der Waals surface area contributed by atoms with Gasteiger partial charge in [0, 0.05) is 25.6 Å². The maximum absolute atomic E-state index is 12.1. The van der Waals surface area contributed by atoms with Gasteiger partial charge in [-0.2, -0.15) is 0 Å². The van der Waals surface area contributed by atoms with Crippen LogP contribution in [0.5, 0.6) is 0 Å². The van der Waals surface area contributed by atoms with E-state index in [9.17, 15) is 4.79 Å². The van der Waals surface area contributed by atoms with Crippen molar-refractivity contribution in [2.75, 3.05) is 26.2 Å². The molecule has 2 saturated heterocycles. The zero-order chi connectivity index (χ0) is 11.6. The molecular formula is C12H22N2O2. The second-order valence-corrected chi connectivity index (χ2v) is 5.42. The topological polar surface area (TPSA) is 41.6 Å². The van der Waals surface area contributed by atoms with E-state index in [4.69, 9.17) is 4.74 Å². The molecule has 0 aromatic carbocycles. The largest absolute Gasteiger partial charge is 0.372 e. The van der Waals surface area contributed by atoms with Crippen molar-refractivity contribution in [3.63, 3.8) is 0 Å². The molecule has 0 radical (unpaired) electrons. The van der Waals surface area contributed by atoms with Crippen molar-refractivity contribution < 1.29 is 9.53 Å². The van der Waals surface area contributed by atoms with Crippen molar-refractivity contribution >= 4 is 5.91 Å². The molecule has 92 valence electrons. The summed E-state index contributed by atoms with van der Waals surface area (Å²) in [6, 6.07) is 0.401. The number of nitrogens with one attached hydrogen (secondary N) is 1. The van der Waals surface area contributed by atoms with Crippen LogP contribution < -0.4 is 5.32 Å². The molecule has 1 unspecified atom stereocenters. The number of morpholine rings is 1. The van der Waals surface area contributed by atoms with Gasteiger partial charge >= 0.3 is 0 Å². The Morgan fingerprint density at radius 1 is 1.56 bits per heavy atom. The molecule has 0 aliphatic carbocycles. The average molecular weight is 226 g/mol. The Bertz CT molecular complexity index is 260. The molecule has 0 bridgehead atoms. The summed E-state index contributed by atoms with van der Waals surface area (Å²) in [5.74, 6) is 0.274. The predicted octanol–water partition coefficient (Wildman–Crippen LogP) is 0.766. The zero-order valence-corrected chi connectivity index (χ0v) is 10.3. The van der Waals surface area contributed by atoms with E-state index in [1.807, 2.05) is 18.7 Å². The van der Waals surface area contributed by atoms with Gasteiger partial charge < -0.3 is 15.0 Å². The lowest BCUT2D eigenvalue weighted by molar-refractivity contribution is -0.146. The van der Waals surface area contributed by atoms with Gasteiger partial charge in [-0.25, -0.2) is 0 Å². The highest BCUT2D eigenvalue weighted by Gasteiger charge is 2.31. The maximum Gasteiger partial charge on any atom is 0.224 e. The number of amides is 1. The first-order valence-electron chi connectivity index (χ1n) is 6.22. The van der Waals surface area contributed by atoms with Crippen LogP contribution in [0.4, 0.5) is 0 Å². The average Bonchev–Trinajstić information content (AvgIpc) is 2.69. The molecule has 0 saturated carbocycles. The molecular weight excluding hydrogens is 204 g/mol. The summed E-state index contributed by atoms with van der Waals surface area (Å²) in [6.45, 7) is 7.28. The van der Waals surface area contributed by atoms with Crippen LogP contribution in [-0.4, -0.2) is 48.7 Å². The van der Waals surface area contributed by atoms with Crippen molar-refractivity contribution in [3.05, 3.63) is 0 Å². The number of rotatable bonds is 2. The van der Waals surface area contributed by atoms with E-state index in [2.05, 4.69) is 5.32 Å². The molecule has 4 heteroatoms. The van der Waals surface area contributed by atoms with E-state index < -0.39 is 0 Å². The molecule has 2 aliphatic rings. The minimum absolute atomic E-state index is 0.184. The van der Waals surface area contributed by atoms with Crippen LogP contribution in [0.15, 0.2) is 0 Å². The molecule has 1 atom stereocenters. The fourth-order valence-corrected chi connectivity index (χ4v) is 2.50. The third-order valence-corrected chi connectivity index (χ3v) is 3.36. The Labute approximate surface area is 97.3 Å². The number of hydrogen-bond donors (Lipinski definition) is 1. The van der Waals surface area contributed by atoms with Crippen molar-refractivity contribution in [2.24, 2.45) is 0 Å². The number of hydrogen-bond acceptors (Lipinski definition) is 3. The molecule has 4 nitrogen and oxygen atoms in total. The highest BCUT2D eigenvalue weighted by molar-refractivity contribution is 5.77. The lowest BCUT2D eigenvalue weighted by Crippen LogP contribution is -2.51. The first kappa shape index (κ1) is 11.9. The van der Waals surface area contributed by atoms with Crippen molar-refractivity contribution in [1.29, 1.82) is 0 Å². The summed E-state index contributed by atoms with van der Waals surface area (Å²) in [7, 11) is 0. The van der Waals surface area contributed by atoms with E-state index in [0.717, 1.165) is 26.1 Å². The monoisotopic (exact) mass is 226 g/mol. The van der Waals surface area contributed by atoms with Crippen LogP contribution in [0.1, 0.15) is 33.1 Å². The van der Waals surface area contributed by atoms with E-state index >= 15 is 0 Å². The first-order chi connectivity index (χ1) is 7.57. The minimum Gasteiger partial charge on any atom is -0.372 e. The van der Waals surface area contributed by atoms with Crippen molar-refractivity contribution in [3.8, 4) is 0 Å². The fraction of sp³-hybridized carbons (Fsp3) is 0.917. The summed E-state index contributed by atoms with van der Waals surface area (Å²) in [5.41, 5.74) is -0.184. The molecule has 2 rings (SSSR count). The number of carbonyl (C=O) groups excluding carboxylic acids is 1. The number of carbonyl (C=O) groups is 1. The normalized spacial score (nSPS) is 29.4. The van der Waals surface area contributed by atoms with Crippen molar-refractivity contribution in [2.45, 2.75) is 44.8 Å². The lowest BCUT2D eigenvalue weighted by Gasteiger charge is -2.38. The fourth-order valence-electron chi connectivity index (χ4n) is 2.50. The maximum atomic E-state index is 12.1. The number of ether oxygens (including phenoxy) is 1. The van der Waals surface area contributed by atoms with E-state index in [0.29, 0.717) is 19.1 Å². The van der Waals surface area contributed by atoms with Crippen LogP contribution in [0.3, 0.4) is 0 Å². The van der Waals surface area contributed by atoms with Crippen LogP contribution in [0.2, 0.25) is 0 Å². The standard InChI is InChI=1S/C12H22N2O2/c1-12(2)9-14(6-7-16-12)11(15)8-10-4-3-5-13-10/h10,13H,3-9H2,1-2H3. The molecule has 1 N–H and O–H groups in total. The van der Waals surface area contributed by atoms with E-state index in [-0.39, 0.29) is 11.5 Å². The Balaban J connectivity index is 1.84. The molecule has 0 aromatic heterocycles. The minimum atomic E-state index is -0.184. The molecule has 0 aromatic rings. The van der Waals surface area contributed by atoms with E-state index in [1.165, 1.54) is 6.42 Å². The smallest absolute Gasteiger partial charge is 0.224 e. The van der Waals surface area contributed by atoms with Gasteiger partial charge in [0.1, 0.15) is 0 Å². The molecule has 2 heterocycles. The second kappa shape index (κ2) is 4.72. The SMILES string of the molecule is CC1(C)CN(C(=O)CC2CCCN2)CCO1. The summed E-state index contributed by atoms with van der Waals surface area (Å²) >= 11 is 0. The van der Waals surface area contributed by atoms with Crippen LogP contribution in [0.25, 0.3) is 0 Å². The summed E-state index contributed by atoms with van der Waals surface area (Å²) in [5, 5.41) is 3.37. The summed E-state index contributed by atoms with van der Waals surface area (Å²) < 4.78 is 5.61. The van der Waals surface area contributed by atoms with Gasteiger partial charge in [0.2, 0.25) is 5.91 Å². The van der Waals surface area contributed by atoms with Gasteiger partial charge in [-0.3, -0.25) is 4.79 Å². The van der Waals surface area contributed by atoms with Gasteiger partial charge in [-0.1, -0.05) is 0 Å². The predicted molar refractivity (Wildman–Crippen MR) is 62.3 cm³/mol. The Morgan fingerprint density at radius 3 is 3.00 bits per heavy atom. The highest BCUT2D eigenvalue weighted by atomic mass is 16.5. The third kappa shape index (κ3) is 2.95. The van der Waals surface area contributed by atoms with Crippen molar-refractivity contribution in [1.82, 2.24) is 10.2 Å². The van der Waals surface area contributed by atoms with E-state index in [1.54, 1.807) is 0 Å². The van der Waals surface area contributed by atoms with Gasteiger partial charge in [0.15, 0.2) is 0 Å². The highest BCUT2D eigenvalue weighted by Crippen LogP contribution is 2.18. The first-order valence-corrected chi connectivity index (χ1v) is 6.22. The van der Waals surface area contributed by atoms with Gasteiger partial charge in [-0.15, -0.1) is 0 Å². The molecule has 16 heavy (non-hydrogen) atoms. The van der Waals surface area contributed by atoms with Crippen LogP contribution in [0, 0.1) is 0 Å². The van der Waals surface area contributed by atoms with Gasteiger partial charge in [0.05, 0.1) is 12.2 Å². The summed E-state index contributed by atoms with van der Waals surface area (Å²) in [6.07, 6.45) is 2.99. The lowest BCUT2D eigenvalue weighted by atomic mass is 10.1. The second-order valence-electron chi connectivity index (χ2n) is 5.42. The molecule has 1 amide bonds. The Morgan fingerprint density at radius 2 is 2.38 bits per heavy atom. The molecule has 0 spiro atoms. The number of nitrogens with zero attached hydrogens (tertiary/aromatic N) is 1. The van der Waals surface area contributed by atoms with Crippen LogP contribution >= 0.6 is 0 Å². The zero-order valence-electron chi connectivity index (χ0n) is 10.3. The van der Waals surface area contributed by atoms with Crippen LogP contribution in [-0.2, 0) is 9.53 Å². The summed E-state index contributed by atoms with van der Waals surface area (Å²) in [4.78, 5) is 14.0. The Hall–Kier alpha value is -0.610. The Kier molecular flexibility index (Phi) is 3.50.